The van der Waals surface area contributed by atoms with Crippen LogP contribution >= 0.6 is 0 Å². The van der Waals surface area contributed by atoms with E-state index in [0.29, 0.717) is 5.41 Å². The van der Waals surface area contributed by atoms with Gasteiger partial charge in [-0.25, -0.2) is 0 Å². The first kappa shape index (κ1) is 12.0. The fraction of sp³-hybridized carbons (Fsp3) is 0.917. The monoisotopic (exact) mass is 169 g/mol. The maximum Gasteiger partial charge on any atom is -0.0244 e. The summed E-state index contributed by atoms with van der Waals surface area (Å²) in [5, 5.41) is 0. The molecule has 0 aromatic rings. The van der Waals surface area contributed by atoms with Crippen LogP contribution in [0.4, 0.5) is 0 Å². The average molecular weight is 169 g/mol. The molecule has 0 spiro atoms. The van der Waals surface area contributed by atoms with Crippen LogP contribution in [0.5, 0.6) is 0 Å². The van der Waals surface area contributed by atoms with E-state index in [-0.39, 0.29) is 0 Å². The molecule has 0 nitrogen and oxygen atoms in total. The molecule has 0 aliphatic rings. The number of hydrogen-bond acceptors (Lipinski definition) is 0. The Morgan fingerprint density at radius 1 is 1.25 bits per heavy atom. The predicted molar refractivity (Wildman–Crippen MR) is 57.1 cm³/mol. The van der Waals surface area contributed by atoms with Gasteiger partial charge >= 0.3 is 0 Å². The Hall–Kier alpha value is 0. The maximum atomic E-state index is 2.33. The van der Waals surface area contributed by atoms with Crippen molar-refractivity contribution >= 4 is 0 Å². The van der Waals surface area contributed by atoms with Crippen molar-refractivity contribution in [2.24, 2.45) is 11.3 Å². The van der Waals surface area contributed by atoms with E-state index >= 15 is 0 Å². The lowest BCUT2D eigenvalue weighted by molar-refractivity contribution is 0.355. The summed E-state index contributed by atoms with van der Waals surface area (Å²) in [6.45, 7) is 13.9. The van der Waals surface area contributed by atoms with Crippen LogP contribution in [-0.4, -0.2) is 0 Å². The van der Waals surface area contributed by atoms with Gasteiger partial charge < -0.3 is 0 Å². The Bertz CT molecular complexity index is 108. The van der Waals surface area contributed by atoms with Gasteiger partial charge in [-0.2, -0.15) is 0 Å². The van der Waals surface area contributed by atoms with E-state index in [0.717, 1.165) is 5.92 Å². The highest BCUT2D eigenvalue weighted by Gasteiger charge is 2.15. The fourth-order valence-electron chi connectivity index (χ4n) is 1.17. The van der Waals surface area contributed by atoms with Crippen molar-refractivity contribution < 1.29 is 0 Å². The molecule has 0 amide bonds. The van der Waals surface area contributed by atoms with Crippen molar-refractivity contribution in [3.63, 3.8) is 0 Å². The zero-order valence-electron chi connectivity index (χ0n) is 9.70. The molecule has 0 aliphatic carbocycles. The molecular formula is C12H25. The van der Waals surface area contributed by atoms with Gasteiger partial charge in [-0.3, -0.25) is 0 Å². The molecule has 0 saturated heterocycles. The van der Waals surface area contributed by atoms with Gasteiger partial charge in [0, 0.05) is 0 Å². The summed E-state index contributed by atoms with van der Waals surface area (Å²) in [5.41, 5.74) is 0.495. The van der Waals surface area contributed by atoms with Crippen molar-refractivity contribution in [2.75, 3.05) is 0 Å². The number of rotatable bonds is 4. The maximum absolute atomic E-state index is 2.33. The molecule has 1 atom stereocenters. The number of hydrogen-bond donors (Lipinski definition) is 0. The lowest BCUT2D eigenvalue weighted by atomic mass is 9.82. The standard InChI is InChI=1S/C12H25/c1-7-10(2)11(3)8-9-12(4,5)6/h10H,7-9H2,1-6H3. The van der Waals surface area contributed by atoms with E-state index in [2.05, 4.69) is 41.5 Å². The van der Waals surface area contributed by atoms with Gasteiger partial charge in [-0.15, -0.1) is 0 Å². The van der Waals surface area contributed by atoms with Crippen LogP contribution < -0.4 is 0 Å². The second-order valence-electron chi connectivity index (χ2n) is 5.22. The molecule has 0 bridgehead atoms. The third-order valence-corrected chi connectivity index (χ3v) is 2.72. The van der Waals surface area contributed by atoms with Crippen LogP contribution in [0.25, 0.3) is 0 Å². The van der Waals surface area contributed by atoms with E-state index in [1.54, 1.807) is 5.92 Å². The summed E-state index contributed by atoms with van der Waals surface area (Å²) in [7, 11) is 0. The van der Waals surface area contributed by atoms with Crippen molar-refractivity contribution in [2.45, 2.75) is 60.8 Å². The minimum atomic E-state index is 0.495. The Balaban J connectivity index is 3.64. The highest BCUT2D eigenvalue weighted by Crippen LogP contribution is 2.28. The van der Waals surface area contributed by atoms with E-state index in [9.17, 15) is 0 Å². The molecule has 0 saturated carbocycles. The predicted octanol–water partition coefficient (Wildman–Crippen LogP) is 4.45. The third kappa shape index (κ3) is 5.62. The summed E-state index contributed by atoms with van der Waals surface area (Å²) < 4.78 is 0. The lowest BCUT2D eigenvalue weighted by Gasteiger charge is -2.23. The Morgan fingerprint density at radius 3 is 2.08 bits per heavy atom. The second kappa shape index (κ2) is 4.89. The van der Waals surface area contributed by atoms with Crippen LogP contribution in [0.3, 0.4) is 0 Å². The SMILES string of the molecule is CCC(C)[C](C)CCC(C)(C)C. The molecule has 0 aromatic heterocycles. The first-order chi connectivity index (χ1) is 5.37. The van der Waals surface area contributed by atoms with Crippen molar-refractivity contribution in [3.05, 3.63) is 5.92 Å². The first-order valence-corrected chi connectivity index (χ1v) is 5.19. The molecule has 0 aliphatic heterocycles. The van der Waals surface area contributed by atoms with Gasteiger partial charge in [-0.1, -0.05) is 48.0 Å². The fourth-order valence-corrected chi connectivity index (χ4v) is 1.17. The van der Waals surface area contributed by atoms with Crippen LogP contribution in [0.1, 0.15) is 60.8 Å². The smallest absolute Gasteiger partial charge is 0.0244 e. The largest absolute Gasteiger partial charge is 0.0651 e. The van der Waals surface area contributed by atoms with E-state index in [1.807, 2.05) is 0 Å². The molecule has 0 heterocycles. The van der Waals surface area contributed by atoms with Gasteiger partial charge in [0.2, 0.25) is 0 Å². The zero-order chi connectivity index (χ0) is 9.78. The van der Waals surface area contributed by atoms with Crippen LogP contribution in [0.2, 0.25) is 0 Å². The van der Waals surface area contributed by atoms with Gasteiger partial charge in [-0.05, 0) is 30.1 Å². The summed E-state index contributed by atoms with van der Waals surface area (Å²) in [4.78, 5) is 0. The molecule has 1 unspecified atom stereocenters. The minimum Gasteiger partial charge on any atom is -0.0651 e. The average Bonchev–Trinajstić information content (AvgIpc) is 1.97. The summed E-state index contributed by atoms with van der Waals surface area (Å²) >= 11 is 0. The van der Waals surface area contributed by atoms with Crippen LogP contribution in [0, 0.1) is 17.3 Å². The van der Waals surface area contributed by atoms with Gasteiger partial charge in [0.05, 0.1) is 0 Å². The summed E-state index contributed by atoms with van der Waals surface area (Å²) in [6, 6.07) is 0. The highest BCUT2D eigenvalue weighted by molar-refractivity contribution is 4.89. The lowest BCUT2D eigenvalue weighted by Crippen LogP contribution is -2.10. The molecular weight excluding hydrogens is 144 g/mol. The summed E-state index contributed by atoms with van der Waals surface area (Å²) in [6.07, 6.45) is 3.91. The van der Waals surface area contributed by atoms with E-state index < -0.39 is 0 Å². The van der Waals surface area contributed by atoms with Crippen molar-refractivity contribution in [1.82, 2.24) is 0 Å². The minimum absolute atomic E-state index is 0.495. The van der Waals surface area contributed by atoms with Gasteiger partial charge in [0.1, 0.15) is 0 Å². The molecule has 73 valence electrons. The molecule has 1 radical (unpaired) electrons. The van der Waals surface area contributed by atoms with E-state index in [4.69, 9.17) is 0 Å². The first-order valence-electron chi connectivity index (χ1n) is 5.19. The van der Waals surface area contributed by atoms with Crippen LogP contribution in [0.15, 0.2) is 0 Å². The normalized spacial score (nSPS) is 15.2. The quantitative estimate of drug-likeness (QED) is 0.583. The van der Waals surface area contributed by atoms with Gasteiger partial charge in [0.15, 0.2) is 0 Å². The Morgan fingerprint density at radius 2 is 1.75 bits per heavy atom. The zero-order valence-corrected chi connectivity index (χ0v) is 9.70. The van der Waals surface area contributed by atoms with Gasteiger partial charge in [0.25, 0.3) is 0 Å². The second-order valence-corrected chi connectivity index (χ2v) is 5.22. The Labute approximate surface area is 78.8 Å². The molecule has 0 rings (SSSR count). The van der Waals surface area contributed by atoms with Crippen molar-refractivity contribution in [3.8, 4) is 0 Å². The molecule has 0 aromatic carbocycles. The third-order valence-electron chi connectivity index (χ3n) is 2.72. The van der Waals surface area contributed by atoms with Crippen molar-refractivity contribution in [1.29, 1.82) is 0 Å². The highest BCUT2D eigenvalue weighted by atomic mass is 14.2. The molecule has 0 fully saturated rings. The summed E-state index contributed by atoms with van der Waals surface area (Å²) in [5.74, 6) is 2.49. The topological polar surface area (TPSA) is 0 Å². The molecule has 12 heavy (non-hydrogen) atoms. The Kier molecular flexibility index (Phi) is 4.89. The molecule has 0 N–H and O–H groups in total. The molecule has 0 heteroatoms. The van der Waals surface area contributed by atoms with Crippen LogP contribution in [-0.2, 0) is 0 Å². The van der Waals surface area contributed by atoms with E-state index in [1.165, 1.54) is 19.3 Å².